The van der Waals surface area contributed by atoms with Gasteiger partial charge in [0.1, 0.15) is 29.5 Å². The number of hydrogen-bond donors (Lipinski definition) is 2. The number of ether oxygens (including phenoxy) is 2. The number of anilines is 2. The van der Waals surface area contributed by atoms with E-state index < -0.39 is 5.82 Å². The second-order valence-corrected chi connectivity index (χ2v) is 7.78. The van der Waals surface area contributed by atoms with E-state index in [4.69, 9.17) is 21.1 Å². The van der Waals surface area contributed by atoms with Crippen LogP contribution in [0.3, 0.4) is 0 Å². The van der Waals surface area contributed by atoms with E-state index in [1.165, 1.54) is 12.4 Å². The van der Waals surface area contributed by atoms with Gasteiger partial charge in [-0.25, -0.2) is 14.4 Å². The highest BCUT2D eigenvalue weighted by Crippen LogP contribution is 2.34. The van der Waals surface area contributed by atoms with E-state index >= 15 is 0 Å². The average molecular weight is 447 g/mol. The lowest BCUT2D eigenvalue weighted by molar-refractivity contribution is 0.0374. The van der Waals surface area contributed by atoms with Crippen molar-refractivity contribution < 1.29 is 19.0 Å². The van der Waals surface area contributed by atoms with Crippen LogP contribution in [-0.4, -0.2) is 59.9 Å². The van der Waals surface area contributed by atoms with Gasteiger partial charge in [0.15, 0.2) is 0 Å². The van der Waals surface area contributed by atoms with Crippen molar-refractivity contribution in [1.29, 1.82) is 0 Å². The Morgan fingerprint density at radius 3 is 2.81 bits per heavy atom. The molecule has 0 atom stereocenters. The van der Waals surface area contributed by atoms with Gasteiger partial charge in [0.2, 0.25) is 0 Å². The largest absolute Gasteiger partial charge is 0.506 e. The standard InChI is InChI=1S/C22H24ClFN4O3/c1-30-21-10-15-18(9-14(21)3-2-4-28-5-7-31-8-6-28)25-13-26-22(15)27-19-12-20(29)16(23)11-17(19)24/h9-13,29H,2-8H2,1H3,(H,25,26,27). The molecule has 0 unspecified atom stereocenters. The summed E-state index contributed by atoms with van der Waals surface area (Å²) in [6.45, 7) is 4.51. The molecule has 164 valence electrons. The number of morpholine rings is 1. The summed E-state index contributed by atoms with van der Waals surface area (Å²) in [5.74, 6) is 0.320. The van der Waals surface area contributed by atoms with Crippen LogP contribution in [0.15, 0.2) is 30.6 Å². The zero-order valence-electron chi connectivity index (χ0n) is 17.2. The van der Waals surface area contributed by atoms with Gasteiger partial charge < -0.3 is 19.9 Å². The summed E-state index contributed by atoms with van der Waals surface area (Å²) in [6.07, 6.45) is 3.26. The molecule has 2 heterocycles. The molecule has 1 aliphatic heterocycles. The Morgan fingerprint density at radius 2 is 2.03 bits per heavy atom. The molecular formula is C22H24ClFN4O3. The minimum atomic E-state index is -0.596. The summed E-state index contributed by atoms with van der Waals surface area (Å²) in [6, 6.07) is 6.12. The van der Waals surface area contributed by atoms with Gasteiger partial charge in [0.25, 0.3) is 0 Å². The number of aromatic hydroxyl groups is 1. The third-order valence-electron chi connectivity index (χ3n) is 5.35. The number of phenolic OH excluding ortho intramolecular Hbond substituents is 1. The number of nitrogens with one attached hydrogen (secondary N) is 1. The molecule has 31 heavy (non-hydrogen) atoms. The van der Waals surface area contributed by atoms with Crippen molar-refractivity contribution in [2.75, 3.05) is 45.3 Å². The van der Waals surface area contributed by atoms with Crippen LogP contribution in [0.5, 0.6) is 11.5 Å². The molecule has 1 fully saturated rings. The Balaban J connectivity index is 1.57. The molecule has 1 aliphatic rings. The predicted octanol–water partition coefficient (Wildman–Crippen LogP) is 4.14. The number of fused-ring (bicyclic) bond motifs is 1. The summed E-state index contributed by atoms with van der Waals surface area (Å²) in [7, 11) is 1.63. The number of methoxy groups -OCH3 is 1. The molecule has 1 aromatic heterocycles. The first kappa shape index (κ1) is 21.5. The van der Waals surface area contributed by atoms with Gasteiger partial charge in [-0.3, -0.25) is 4.90 Å². The van der Waals surface area contributed by atoms with Crippen LogP contribution in [0.2, 0.25) is 5.02 Å². The minimum absolute atomic E-state index is 0.0565. The summed E-state index contributed by atoms with van der Waals surface area (Å²) < 4.78 is 25.3. The van der Waals surface area contributed by atoms with Gasteiger partial charge in [-0.15, -0.1) is 0 Å². The van der Waals surface area contributed by atoms with Gasteiger partial charge >= 0.3 is 0 Å². The quantitative estimate of drug-likeness (QED) is 0.564. The normalized spacial score (nSPS) is 14.7. The molecule has 0 saturated carbocycles. The van der Waals surface area contributed by atoms with Crippen molar-refractivity contribution in [2.45, 2.75) is 12.8 Å². The van der Waals surface area contributed by atoms with E-state index in [-0.39, 0.29) is 16.5 Å². The third-order valence-corrected chi connectivity index (χ3v) is 5.65. The maximum absolute atomic E-state index is 14.3. The van der Waals surface area contributed by atoms with E-state index in [2.05, 4.69) is 20.2 Å². The Hall–Kier alpha value is -2.68. The fourth-order valence-corrected chi connectivity index (χ4v) is 3.84. The second kappa shape index (κ2) is 9.64. The highest BCUT2D eigenvalue weighted by molar-refractivity contribution is 6.32. The molecule has 2 aromatic carbocycles. The van der Waals surface area contributed by atoms with E-state index in [9.17, 15) is 9.50 Å². The minimum Gasteiger partial charge on any atom is -0.506 e. The lowest BCUT2D eigenvalue weighted by atomic mass is 10.0. The molecule has 3 aromatic rings. The molecule has 0 aliphatic carbocycles. The smallest absolute Gasteiger partial charge is 0.148 e. The maximum Gasteiger partial charge on any atom is 0.148 e. The van der Waals surface area contributed by atoms with E-state index in [1.54, 1.807) is 7.11 Å². The number of nitrogens with zero attached hydrogens (tertiary/aromatic N) is 3. The molecule has 9 heteroatoms. The van der Waals surface area contributed by atoms with Gasteiger partial charge in [-0.1, -0.05) is 11.6 Å². The first-order chi connectivity index (χ1) is 15.0. The number of halogens is 2. The van der Waals surface area contributed by atoms with Gasteiger partial charge in [-0.05, 0) is 43.1 Å². The predicted molar refractivity (Wildman–Crippen MR) is 118 cm³/mol. The Kier molecular flexibility index (Phi) is 6.70. The summed E-state index contributed by atoms with van der Waals surface area (Å²) in [5, 5.41) is 13.4. The number of aromatic nitrogens is 2. The molecule has 2 N–H and O–H groups in total. The monoisotopic (exact) mass is 446 g/mol. The number of phenols is 1. The zero-order chi connectivity index (χ0) is 21.8. The van der Waals surface area contributed by atoms with Crippen molar-refractivity contribution in [3.63, 3.8) is 0 Å². The average Bonchev–Trinajstić information content (AvgIpc) is 2.78. The summed E-state index contributed by atoms with van der Waals surface area (Å²) >= 11 is 5.76. The van der Waals surface area contributed by atoms with Crippen LogP contribution < -0.4 is 10.1 Å². The van der Waals surface area contributed by atoms with E-state index in [0.717, 1.165) is 68.6 Å². The highest BCUT2D eigenvalue weighted by Gasteiger charge is 2.15. The van der Waals surface area contributed by atoms with Gasteiger partial charge in [0.05, 0.1) is 36.6 Å². The van der Waals surface area contributed by atoms with Gasteiger partial charge in [-0.2, -0.15) is 0 Å². The van der Waals surface area contributed by atoms with Crippen LogP contribution in [0.25, 0.3) is 10.9 Å². The number of hydrogen-bond acceptors (Lipinski definition) is 7. The molecule has 0 radical (unpaired) electrons. The SMILES string of the molecule is COc1cc2c(Nc3cc(O)c(Cl)cc3F)ncnc2cc1CCCN1CCOCC1. The van der Waals surface area contributed by atoms with Crippen LogP contribution in [0.1, 0.15) is 12.0 Å². The molecule has 7 nitrogen and oxygen atoms in total. The van der Waals surface area contributed by atoms with Crippen molar-refractivity contribution in [3.8, 4) is 11.5 Å². The van der Waals surface area contributed by atoms with Crippen LogP contribution in [-0.2, 0) is 11.2 Å². The van der Waals surface area contributed by atoms with Crippen LogP contribution in [0.4, 0.5) is 15.9 Å². The zero-order valence-corrected chi connectivity index (χ0v) is 18.0. The Labute approximate surface area is 184 Å². The van der Waals surface area contributed by atoms with Crippen LogP contribution >= 0.6 is 11.6 Å². The topological polar surface area (TPSA) is 79.7 Å². The first-order valence-electron chi connectivity index (χ1n) is 10.1. The number of aryl methyl sites for hydroxylation is 1. The number of benzene rings is 2. The molecule has 1 saturated heterocycles. The molecule has 0 amide bonds. The van der Waals surface area contributed by atoms with Crippen molar-refractivity contribution >= 4 is 34.0 Å². The molecule has 4 rings (SSSR count). The number of rotatable bonds is 7. The van der Waals surface area contributed by atoms with Crippen molar-refractivity contribution in [1.82, 2.24) is 14.9 Å². The lowest BCUT2D eigenvalue weighted by Gasteiger charge is -2.26. The summed E-state index contributed by atoms with van der Waals surface area (Å²) in [4.78, 5) is 11.0. The molecule has 0 bridgehead atoms. The van der Waals surface area contributed by atoms with E-state index in [1.807, 2.05) is 12.1 Å². The highest BCUT2D eigenvalue weighted by atomic mass is 35.5. The Bertz CT molecular complexity index is 1080. The Morgan fingerprint density at radius 1 is 1.23 bits per heavy atom. The van der Waals surface area contributed by atoms with Crippen molar-refractivity contribution in [3.05, 3.63) is 47.0 Å². The van der Waals surface area contributed by atoms with E-state index in [0.29, 0.717) is 11.2 Å². The summed E-state index contributed by atoms with van der Waals surface area (Å²) in [5.41, 5.74) is 1.84. The van der Waals surface area contributed by atoms with Crippen molar-refractivity contribution in [2.24, 2.45) is 0 Å². The maximum atomic E-state index is 14.3. The molecular weight excluding hydrogens is 423 g/mol. The lowest BCUT2D eigenvalue weighted by Crippen LogP contribution is -2.36. The fourth-order valence-electron chi connectivity index (χ4n) is 3.69. The first-order valence-corrected chi connectivity index (χ1v) is 10.5. The van der Waals surface area contributed by atoms with Gasteiger partial charge in [0, 0.05) is 24.5 Å². The molecule has 0 spiro atoms. The third kappa shape index (κ3) is 4.98. The van der Waals surface area contributed by atoms with Crippen LogP contribution in [0, 0.1) is 5.82 Å². The fraction of sp³-hybridized carbons (Fsp3) is 0.364. The second-order valence-electron chi connectivity index (χ2n) is 7.37.